The Balaban J connectivity index is 1.76. The van der Waals surface area contributed by atoms with Crippen LogP contribution >= 0.6 is 0 Å². The number of allylic oxidation sites excluding steroid dienone is 11. The minimum atomic E-state index is -0.579. The van der Waals surface area contributed by atoms with Crippen LogP contribution in [0.15, 0.2) is 101 Å². The molecule has 0 spiro atoms. The van der Waals surface area contributed by atoms with Crippen molar-refractivity contribution in [2.75, 3.05) is 0 Å². The highest BCUT2D eigenvalue weighted by Gasteiger charge is 2.21. The van der Waals surface area contributed by atoms with Crippen molar-refractivity contribution in [3.63, 3.8) is 0 Å². The smallest absolute Gasteiger partial charge is 0.356 e. The lowest BCUT2D eigenvalue weighted by Crippen LogP contribution is -2.16. The van der Waals surface area contributed by atoms with Crippen molar-refractivity contribution in [3.05, 3.63) is 107 Å². The topological polar surface area (TPSA) is 73.9 Å². The highest BCUT2D eigenvalue weighted by Crippen LogP contribution is 2.26. The van der Waals surface area contributed by atoms with Crippen molar-refractivity contribution >= 4 is 11.7 Å². The van der Waals surface area contributed by atoms with Crippen LogP contribution in [0.3, 0.4) is 0 Å². The second kappa shape index (κ2) is 8.97. The molecule has 1 aromatic carbocycles. The van der Waals surface area contributed by atoms with Gasteiger partial charge in [0.2, 0.25) is 0 Å². The molecule has 1 aliphatic heterocycles. The first-order valence-electron chi connectivity index (χ1n) is 8.96. The fourth-order valence-electron chi connectivity index (χ4n) is 2.92. The van der Waals surface area contributed by atoms with Crippen LogP contribution in [0.5, 0.6) is 0 Å². The second-order valence-electron chi connectivity index (χ2n) is 6.42. The first-order valence-corrected chi connectivity index (χ1v) is 8.96. The van der Waals surface area contributed by atoms with Crippen molar-refractivity contribution in [3.8, 4) is 0 Å². The number of fused-ring (bicyclic) bond motifs is 1. The van der Waals surface area contributed by atoms with Gasteiger partial charge in [0, 0.05) is 11.5 Å². The zero-order valence-electron chi connectivity index (χ0n) is 15.8. The van der Waals surface area contributed by atoms with E-state index in [4.69, 9.17) is 10.7 Å². The Morgan fingerprint density at radius 3 is 2.79 bits per heavy atom. The third-order valence-electron chi connectivity index (χ3n) is 4.31. The van der Waals surface area contributed by atoms with Gasteiger partial charge in [0.05, 0.1) is 11.3 Å². The summed E-state index contributed by atoms with van der Waals surface area (Å²) in [6, 6.07) is 6.90. The quantitative estimate of drug-likeness (QED) is 0.607. The van der Waals surface area contributed by atoms with Gasteiger partial charge in [-0.2, -0.15) is 5.90 Å². The first kappa shape index (κ1) is 19.3. The number of nitrogens with zero attached hydrogens (tertiary/aromatic N) is 1. The van der Waals surface area contributed by atoms with Gasteiger partial charge in [-0.25, -0.2) is 4.79 Å². The molecule has 0 radical (unpaired) electrons. The van der Waals surface area contributed by atoms with Crippen molar-refractivity contribution < 1.29 is 14.5 Å². The van der Waals surface area contributed by atoms with Crippen LogP contribution in [0.25, 0.3) is 0 Å². The van der Waals surface area contributed by atoms with Crippen LogP contribution in [0, 0.1) is 5.92 Å². The Morgan fingerprint density at radius 1 is 1.29 bits per heavy atom. The molecule has 0 saturated carbocycles. The molecular formula is C23H22N2O3. The maximum atomic E-state index is 11.5. The minimum absolute atomic E-state index is 0.0153. The van der Waals surface area contributed by atoms with Crippen molar-refractivity contribution in [2.24, 2.45) is 17.0 Å². The van der Waals surface area contributed by atoms with Crippen molar-refractivity contribution in [1.29, 1.82) is 0 Å². The lowest BCUT2D eigenvalue weighted by molar-refractivity contribution is 0.0503. The molecule has 1 atom stereocenters. The number of carbonyl (C=O) groups excluding carboxylic acids is 1. The van der Waals surface area contributed by atoms with Crippen LogP contribution in [-0.2, 0) is 9.68 Å². The number of hydrogen-bond donors (Lipinski definition) is 1. The summed E-state index contributed by atoms with van der Waals surface area (Å²) in [5.41, 5.74) is 4.22. The summed E-state index contributed by atoms with van der Waals surface area (Å²) >= 11 is 0. The number of hydrogen-bond acceptors (Lipinski definition) is 5. The predicted molar refractivity (Wildman–Crippen MR) is 110 cm³/mol. The Kier molecular flexibility index (Phi) is 6.19. The van der Waals surface area contributed by atoms with E-state index < -0.39 is 5.97 Å². The van der Waals surface area contributed by atoms with E-state index in [1.54, 1.807) is 24.3 Å². The molecule has 5 nitrogen and oxygen atoms in total. The molecular weight excluding hydrogens is 352 g/mol. The number of benzene rings is 1. The predicted octanol–water partition coefficient (Wildman–Crippen LogP) is 4.53. The number of nitrogens with two attached hydrogens (primary N) is 1. The molecule has 1 heterocycles. The van der Waals surface area contributed by atoms with Crippen LogP contribution in [0.4, 0.5) is 0 Å². The summed E-state index contributed by atoms with van der Waals surface area (Å²) in [6.07, 6.45) is 18.3. The summed E-state index contributed by atoms with van der Waals surface area (Å²) < 4.78 is 0. The molecule has 142 valence electrons. The summed E-state index contributed by atoms with van der Waals surface area (Å²) in [7, 11) is 0. The summed E-state index contributed by atoms with van der Waals surface area (Å²) in [5.74, 6) is 5.03. The Morgan fingerprint density at radius 2 is 2.07 bits per heavy atom. The van der Waals surface area contributed by atoms with E-state index in [9.17, 15) is 4.79 Å². The van der Waals surface area contributed by atoms with Crippen molar-refractivity contribution in [1.82, 2.24) is 0 Å². The largest absolute Gasteiger partial charge is 0.370 e. The molecule has 2 N–H and O–H groups in total. The number of oxime groups is 1. The second-order valence-corrected chi connectivity index (χ2v) is 6.42. The van der Waals surface area contributed by atoms with Gasteiger partial charge in [-0.3, -0.25) is 0 Å². The minimum Gasteiger partial charge on any atom is -0.370 e. The van der Waals surface area contributed by atoms with Gasteiger partial charge < -0.3 is 9.68 Å². The molecule has 1 unspecified atom stereocenters. The SMILES string of the molecule is C\C=C/C(C)=C\C=C\C1=CC2=CC(C=C1)C(c1ccc(C(=O)ON)cc1)=NO2. The fourth-order valence-corrected chi connectivity index (χ4v) is 2.92. The van der Waals surface area contributed by atoms with Gasteiger partial charge in [0.25, 0.3) is 0 Å². The molecule has 0 saturated heterocycles. The molecule has 2 aliphatic rings. The van der Waals surface area contributed by atoms with E-state index >= 15 is 0 Å². The van der Waals surface area contributed by atoms with Crippen LogP contribution in [0.2, 0.25) is 0 Å². The zero-order valence-corrected chi connectivity index (χ0v) is 15.8. The number of rotatable bonds is 5. The lowest BCUT2D eigenvalue weighted by atomic mass is 9.94. The van der Waals surface area contributed by atoms with Gasteiger partial charge in [-0.05, 0) is 43.7 Å². The average molecular weight is 374 g/mol. The van der Waals surface area contributed by atoms with E-state index in [1.165, 1.54) is 5.57 Å². The van der Waals surface area contributed by atoms with E-state index in [-0.39, 0.29) is 5.92 Å². The molecule has 28 heavy (non-hydrogen) atoms. The van der Waals surface area contributed by atoms with Gasteiger partial charge in [-0.15, -0.1) is 0 Å². The summed E-state index contributed by atoms with van der Waals surface area (Å²) in [5, 5.41) is 4.27. The Hall–Kier alpha value is -3.44. The third kappa shape index (κ3) is 4.64. The normalized spacial score (nSPS) is 19.0. The van der Waals surface area contributed by atoms with Crippen LogP contribution in [0.1, 0.15) is 29.8 Å². The first-order chi connectivity index (χ1) is 13.6. The molecule has 5 heteroatoms. The van der Waals surface area contributed by atoms with E-state index in [1.807, 2.05) is 43.4 Å². The lowest BCUT2D eigenvalue weighted by Gasteiger charge is -2.17. The summed E-state index contributed by atoms with van der Waals surface area (Å²) in [4.78, 5) is 21.3. The van der Waals surface area contributed by atoms with Gasteiger partial charge >= 0.3 is 5.97 Å². The van der Waals surface area contributed by atoms with Gasteiger partial charge in [-0.1, -0.05) is 65.4 Å². The standard InChI is InChI=1S/C23H22N2O3/c1-3-5-16(2)6-4-7-17-8-9-20-15-21(14-17)28-25-22(20)18-10-12-19(13-11-18)23(26)27-24/h3-15,20H,24H2,1-2H3/b5-3-,7-4+,16-6-. The molecule has 0 fully saturated rings. The highest BCUT2D eigenvalue weighted by molar-refractivity contribution is 6.05. The fraction of sp³-hybridized carbons (Fsp3) is 0.130. The van der Waals surface area contributed by atoms with E-state index in [0.717, 1.165) is 16.8 Å². The molecule has 1 aromatic rings. The van der Waals surface area contributed by atoms with Crippen LogP contribution < -0.4 is 5.90 Å². The maximum absolute atomic E-state index is 11.5. The summed E-state index contributed by atoms with van der Waals surface area (Å²) in [6.45, 7) is 4.05. The Labute approximate surface area is 164 Å². The molecule has 1 aliphatic carbocycles. The third-order valence-corrected chi connectivity index (χ3v) is 4.31. The molecule has 0 amide bonds. The zero-order chi connectivity index (χ0) is 19.9. The average Bonchev–Trinajstić information content (AvgIpc) is 2.87. The van der Waals surface area contributed by atoms with Gasteiger partial charge in [0.15, 0.2) is 5.76 Å². The number of carbonyl (C=O) groups is 1. The molecule has 3 rings (SSSR count). The Bertz CT molecular complexity index is 958. The highest BCUT2D eigenvalue weighted by atomic mass is 16.7. The molecule has 0 aromatic heterocycles. The van der Waals surface area contributed by atoms with Gasteiger partial charge in [0.1, 0.15) is 0 Å². The maximum Gasteiger partial charge on any atom is 0.356 e. The van der Waals surface area contributed by atoms with E-state index in [0.29, 0.717) is 11.3 Å². The van der Waals surface area contributed by atoms with E-state index in [2.05, 4.69) is 35.1 Å². The van der Waals surface area contributed by atoms with Crippen molar-refractivity contribution in [2.45, 2.75) is 13.8 Å². The molecule has 2 bridgehead atoms. The monoisotopic (exact) mass is 374 g/mol. The van der Waals surface area contributed by atoms with Crippen LogP contribution in [-0.4, -0.2) is 11.7 Å².